The van der Waals surface area contributed by atoms with Gasteiger partial charge in [-0.2, -0.15) is 0 Å². The molecule has 0 aromatic heterocycles. The van der Waals surface area contributed by atoms with E-state index in [2.05, 4.69) is 50.8 Å². The molecule has 1 saturated heterocycles. The maximum Gasteiger partial charge on any atom is 0.0919 e. The van der Waals surface area contributed by atoms with Crippen LogP contribution in [0.1, 0.15) is 49.5 Å². The Hall–Kier alpha value is -0.860. The number of β-amino-alcohol motifs (C(OH)–C–C–N with tert-alkyl or cyclic N) is 1. The summed E-state index contributed by atoms with van der Waals surface area (Å²) in [7, 11) is 0. The summed E-state index contributed by atoms with van der Waals surface area (Å²) in [5, 5.41) is 10.5. The van der Waals surface area contributed by atoms with E-state index in [0.717, 1.165) is 24.6 Å². The summed E-state index contributed by atoms with van der Waals surface area (Å²) in [4.78, 5) is 2.44. The molecule has 19 heavy (non-hydrogen) atoms. The number of aryl methyl sites for hydroxylation is 2. The number of hydrogen-bond donors (Lipinski definition) is 1. The molecule has 2 rings (SSSR count). The van der Waals surface area contributed by atoms with E-state index in [0.29, 0.717) is 6.04 Å². The van der Waals surface area contributed by atoms with Crippen molar-refractivity contribution in [1.82, 2.24) is 4.90 Å². The highest BCUT2D eigenvalue weighted by molar-refractivity contribution is 5.32. The zero-order valence-electron chi connectivity index (χ0n) is 12.7. The highest BCUT2D eigenvalue weighted by Crippen LogP contribution is 2.26. The summed E-state index contributed by atoms with van der Waals surface area (Å²) in [6.07, 6.45) is 2.14. The first-order valence-electron chi connectivity index (χ1n) is 7.46. The van der Waals surface area contributed by atoms with Gasteiger partial charge < -0.3 is 5.11 Å². The first-order chi connectivity index (χ1) is 8.97. The van der Waals surface area contributed by atoms with Gasteiger partial charge in [-0.25, -0.2) is 0 Å². The van der Waals surface area contributed by atoms with Gasteiger partial charge in [0.15, 0.2) is 0 Å². The maximum atomic E-state index is 10.5. The van der Waals surface area contributed by atoms with Crippen molar-refractivity contribution in [2.75, 3.05) is 13.1 Å². The molecule has 3 unspecified atom stereocenters. The van der Waals surface area contributed by atoms with Gasteiger partial charge in [-0.15, -0.1) is 0 Å². The average Bonchev–Trinajstić information content (AvgIpc) is 2.35. The predicted octanol–water partition coefficient (Wildman–Crippen LogP) is 3.46. The molecule has 1 fully saturated rings. The Morgan fingerprint density at radius 1 is 1.32 bits per heavy atom. The third-order valence-corrected chi connectivity index (χ3v) is 4.48. The molecule has 0 bridgehead atoms. The van der Waals surface area contributed by atoms with Crippen molar-refractivity contribution in [3.05, 3.63) is 34.9 Å². The molecule has 1 heterocycles. The van der Waals surface area contributed by atoms with Crippen LogP contribution in [0.4, 0.5) is 0 Å². The van der Waals surface area contributed by atoms with Gasteiger partial charge in [0.25, 0.3) is 0 Å². The fraction of sp³-hybridized carbons (Fsp3) is 0.647. The molecule has 0 amide bonds. The molecule has 1 N–H and O–H groups in total. The number of benzene rings is 1. The number of piperidine rings is 1. The molecule has 0 aliphatic carbocycles. The van der Waals surface area contributed by atoms with Gasteiger partial charge in [-0.1, -0.05) is 30.7 Å². The Bertz CT molecular complexity index is 429. The van der Waals surface area contributed by atoms with Gasteiger partial charge in [0, 0.05) is 12.6 Å². The summed E-state index contributed by atoms with van der Waals surface area (Å²) < 4.78 is 0. The van der Waals surface area contributed by atoms with Crippen molar-refractivity contribution in [1.29, 1.82) is 0 Å². The molecule has 1 aromatic carbocycles. The third-order valence-electron chi connectivity index (χ3n) is 4.48. The van der Waals surface area contributed by atoms with Gasteiger partial charge in [0.05, 0.1) is 6.10 Å². The number of likely N-dealkylation sites (tertiary alicyclic amines) is 1. The minimum absolute atomic E-state index is 0.365. The number of aliphatic hydroxyl groups is 1. The van der Waals surface area contributed by atoms with Crippen LogP contribution in [0.25, 0.3) is 0 Å². The summed E-state index contributed by atoms with van der Waals surface area (Å²) in [6, 6.07) is 6.92. The molecule has 1 aromatic rings. The SMILES string of the molecule is Cc1ccc(C)c(C(O)CN2CCC(C)CC2C)c1. The smallest absolute Gasteiger partial charge is 0.0919 e. The molecule has 0 spiro atoms. The second kappa shape index (κ2) is 6.06. The van der Waals surface area contributed by atoms with E-state index in [-0.39, 0.29) is 6.10 Å². The lowest BCUT2D eigenvalue weighted by atomic mass is 9.92. The third kappa shape index (κ3) is 3.58. The van der Waals surface area contributed by atoms with Crippen LogP contribution in [0, 0.1) is 19.8 Å². The summed E-state index contributed by atoms with van der Waals surface area (Å²) in [5.41, 5.74) is 3.50. The van der Waals surface area contributed by atoms with Crippen molar-refractivity contribution >= 4 is 0 Å². The minimum atomic E-state index is -0.365. The molecule has 3 atom stereocenters. The van der Waals surface area contributed by atoms with Gasteiger partial charge >= 0.3 is 0 Å². The Morgan fingerprint density at radius 2 is 2.05 bits per heavy atom. The fourth-order valence-electron chi connectivity index (χ4n) is 3.17. The molecule has 1 aliphatic rings. The average molecular weight is 261 g/mol. The van der Waals surface area contributed by atoms with E-state index in [4.69, 9.17) is 0 Å². The number of rotatable bonds is 3. The lowest BCUT2D eigenvalue weighted by Gasteiger charge is -2.37. The Kier molecular flexibility index (Phi) is 4.64. The van der Waals surface area contributed by atoms with Crippen LogP contribution < -0.4 is 0 Å². The highest BCUT2D eigenvalue weighted by Gasteiger charge is 2.25. The molecule has 1 aliphatic heterocycles. The topological polar surface area (TPSA) is 23.5 Å². The standard InChI is InChI=1S/C17H27NO/c1-12-5-6-14(3)16(10-12)17(19)11-18-8-7-13(2)9-15(18)4/h5-6,10,13,15,17,19H,7-9,11H2,1-4H3. The molecule has 2 heteroatoms. The van der Waals surface area contributed by atoms with E-state index in [1.165, 1.54) is 24.0 Å². The van der Waals surface area contributed by atoms with Crippen molar-refractivity contribution in [3.8, 4) is 0 Å². The first-order valence-corrected chi connectivity index (χ1v) is 7.46. The van der Waals surface area contributed by atoms with Gasteiger partial charge in [-0.05, 0) is 57.2 Å². The molecule has 106 valence electrons. The molecule has 2 nitrogen and oxygen atoms in total. The second-order valence-electron chi connectivity index (χ2n) is 6.35. The molecule has 0 saturated carbocycles. The van der Waals surface area contributed by atoms with Crippen LogP contribution in [0.5, 0.6) is 0 Å². The zero-order chi connectivity index (χ0) is 14.0. The number of hydrogen-bond acceptors (Lipinski definition) is 2. The molecular weight excluding hydrogens is 234 g/mol. The van der Waals surface area contributed by atoms with Gasteiger partial charge in [0.2, 0.25) is 0 Å². The van der Waals surface area contributed by atoms with E-state index in [9.17, 15) is 5.11 Å². The van der Waals surface area contributed by atoms with Crippen LogP contribution in [0.3, 0.4) is 0 Å². The number of aliphatic hydroxyl groups excluding tert-OH is 1. The van der Waals surface area contributed by atoms with E-state index in [1.807, 2.05) is 0 Å². The Balaban J connectivity index is 2.04. The molecular formula is C17H27NO. The quantitative estimate of drug-likeness (QED) is 0.900. The van der Waals surface area contributed by atoms with Crippen molar-refractivity contribution < 1.29 is 5.11 Å². The van der Waals surface area contributed by atoms with Crippen LogP contribution in [-0.4, -0.2) is 29.1 Å². The largest absolute Gasteiger partial charge is 0.387 e. The van der Waals surface area contributed by atoms with Crippen molar-refractivity contribution in [2.45, 2.75) is 52.7 Å². The highest BCUT2D eigenvalue weighted by atomic mass is 16.3. The van der Waals surface area contributed by atoms with Crippen LogP contribution >= 0.6 is 0 Å². The molecule has 0 radical (unpaired) electrons. The lowest BCUT2D eigenvalue weighted by molar-refractivity contribution is 0.0598. The predicted molar refractivity (Wildman–Crippen MR) is 80.3 cm³/mol. The summed E-state index contributed by atoms with van der Waals surface area (Å²) in [6.45, 7) is 10.7. The summed E-state index contributed by atoms with van der Waals surface area (Å²) in [5.74, 6) is 0.823. The van der Waals surface area contributed by atoms with E-state index >= 15 is 0 Å². The zero-order valence-corrected chi connectivity index (χ0v) is 12.7. The van der Waals surface area contributed by atoms with Crippen LogP contribution in [0.2, 0.25) is 0 Å². The number of nitrogens with zero attached hydrogens (tertiary/aromatic N) is 1. The Morgan fingerprint density at radius 3 is 2.74 bits per heavy atom. The second-order valence-corrected chi connectivity index (χ2v) is 6.35. The van der Waals surface area contributed by atoms with Gasteiger partial charge in [-0.3, -0.25) is 4.90 Å². The van der Waals surface area contributed by atoms with Crippen LogP contribution in [0.15, 0.2) is 18.2 Å². The monoisotopic (exact) mass is 261 g/mol. The maximum absolute atomic E-state index is 10.5. The van der Waals surface area contributed by atoms with E-state index < -0.39 is 0 Å². The van der Waals surface area contributed by atoms with Crippen molar-refractivity contribution in [2.24, 2.45) is 5.92 Å². The first kappa shape index (κ1) is 14.5. The Labute approximate surface area is 117 Å². The fourth-order valence-corrected chi connectivity index (χ4v) is 3.17. The van der Waals surface area contributed by atoms with E-state index in [1.54, 1.807) is 0 Å². The normalized spacial score (nSPS) is 26.4. The van der Waals surface area contributed by atoms with Gasteiger partial charge in [0.1, 0.15) is 0 Å². The van der Waals surface area contributed by atoms with Crippen molar-refractivity contribution in [3.63, 3.8) is 0 Å². The van der Waals surface area contributed by atoms with Crippen LogP contribution in [-0.2, 0) is 0 Å². The lowest BCUT2D eigenvalue weighted by Crippen LogP contribution is -2.42. The summed E-state index contributed by atoms with van der Waals surface area (Å²) >= 11 is 0. The minimum Gasteiger partial charge on any atom is -0.387 e.